The zero-order valence-electron chi connectivity index (χ0n) is 50.8. The number of nitrogens with one attached hydrogen (secondary N) is 2. The molecular weight excluding hydrogens is 1150 g/mol. The zero-order valence-corrected chi connectivity index (χ0v) is 51.6. The number of anilines is 1. The number of ether oxygens (including phenoxy) is 6. The van der Waals surface area contributed by atoms with E-state index in [1.54, 1.807) is 60.7 Å². The van der Waals surface area contributed by atoms with Crippen molar-refractivity contribution in [3.63, 3.8) is 0 Å². The van der Waals surface area contributed by atoms with Gasteiger partial charge in [-0.3, -0.25) is 48.2 Å². The van der Waals surface area contributed by atoms with Gasteiger partial charge in [0.05, 0.1) is 86.5 Å². The minimum atomic E-state index is -1.52. The highest BCUT2D eigenvalue weighted by Crippen LogP contribution is 2.43. The maximum absolute atomic E-state index is 14.2. The molecule has 88 heavy (non-hydrogen) atoms. The smallest absolute Gasteiger partial charge is 0.416 e. The van der Waals surface area contributed by atoms with E-state index >= 15 is 0 Å². The predicted molar refractivity (Wildman–Crippen MR) is 327 cm³/mol. The number of fused-ring (bicyclic) bond motifs is 4. The van der Waals surface area contributed by atoms with Gasteiger partial charge in [0.25, 0.3) is 11.8 Å². The van der Waals surface area contributed by atoms with Gasteiger partial charge in [-0.05, 0) is 74.5 Å². The summed E-state index contributed by atoms with van der Waals surface area (Å²) in [7, 11) is 2.96. The maximum Gasteiger partial charge on any atom is 0.416 e. The molecule has 23 nitrogen and oxygen atoms in total. The number of Topliss-reactive ketones (excluding diaryl/α,β-unsaturated/α-hetero) is 2. The second-order valence-corrected chi connectivity index (χ2v) is 23.9. The molecular formula is C64H79N7O16S. The first-order chi connectivity index (χ1) is 42.2. The molecule has 0 radical (unpaired) electrons. The van der Waals surface area contributed by atoms with Crippen LogP contribution in [0.2, 0.25) is 0 Å². The lowest BCUT2D eigenvalue weighted by atomic mass is 9.88. The van der Waals surface area contributed by atoms with Gasteiger partial charge in [-0.1, -0.05) is 62.4 Å². The van der Waals surface area contributed by atoms with Crippen LogP contribution in [-0.4, -0.2) is 182 Å². The van der Waals surface area contributed by atoms with E-state index in [4.69, 9.17) is 28.4 Å². The van der Waals surface area contributed by atoms with Crippen LogP contribution in [0.5, 0.6) is 23.0 Å². The first kappa shape index (κ1) is 65.9. The van der Waals surface area contributed by atoms with Crippen LogP contribution < -0.4 is 34.5 Å². The van der Waals surface area contributed by atoms with Gasteiger partial charge in [-0.2, -0.15) is 11.8 Å². The van der Waals surface area contributed by atoms with Gasteiger partial charge in [-0.15, -0.1) is 0 Å². The number of unbranched alkanes of at least 4 members (excludes halogenated alkanes) is 2. The van der Waals surface area contributed by atoms with Crippen molar-refractivity contribution in [3.05, 3.63) is 95.1 Å². The highest BCUT2D eigenvalue weighted by Gasteiger charge is 2.47. The van der Waals surface area contributed by atoms with Crippen LogP contribution in [0.3, 0.4) is 0 Å². The van der Waals surface area contributed by atoms with E-state index in [1.165, 1.54) is 43.0 Å². The molecule has 472 valence electrons. The van der Waals surface area contributed by atoms with Crippen LogP contribution in [0, 0.1) is 11.8 Å². The fraction of sp³-hybridized carbons (Fsp3) is 0.500. The molecule has 6 atom stereocenters. The number of benzene rings is 3. The van der Waals surface area contributed by atoms with E-state index in [1.807, 2.05) is 13.8 Å². The number of thioether (sulfide) groups is 1. The van der Waals surface area contributed by atoms with Crippen LogP contribution in [0.4, 0.5) is 16.2 Å². The number of rotatable bonds is 30. The van der Waals surface area contributed by atoms with Crippen molar-refractivity contribution in [1.82, 2.24) is 25.3 Å². The molecule has 5 heterocycles. The molecule has 3 fully saturated rings. The molecule has 0 bridgehead atoms. The summed E-state index contributed by atoms with van der Waals surface area (Å²) in [6.07, 6.45) is 4.00. The van der Waals surface area contributed by atoms with Crippen molar-refractivity contribution in [1.29, 1.82) is 0 Å². The van der Waals surface area contributed by atoms with E-state index < -0.39 is 47.4 Å². The lowest BCUT2D eigenvalue weighted by Gasteiger charge is -2.31. The number of amides is 7. The number of likely N-dealkylation sites (tertiary alicyclic amines) is 1. The molecule has 3 aromatic rings. The van der Waals surface area contributed by atoms with Crippen LogP contribution in [0.15, 0.2) is 77.8 Å². The number of carbonyl (C=O) groups excluding carboxylic acids is 9. The normalized spacial score (nSPS) is 19.4. The van der Waals surface area contributed by atoms with Gasteiger partial charge in [0.2, 0.25) is 23.6 Å². The fourth-order valence-electron chi connectivity index (χ4n) is 11.2. The third kappa shape index (κ3) is 16.0. The van der Waals surface area contributed by atoms with Gasteiger partial charge in [0.1, 0.15) is 12.4 Å². The lowest BCUT2D eigenvalue weighted by Crippen LogP contribution is -2.50. The van der Waals surface area contributed by atoms with Gasteiger partial charge < -0.3 is 54.0 Å². The zero-order chi connectivity index (χ0) is 63.3. The Morgan fingerprint density at radius 1 is 0.773 bits per heavy atom. The number of aliphatic imine (C=N–C) groups is 1. The quantitative estimate of drug-likeness (QED) is 0.0374. The molecule has 0 saturated carbocycles. The molecule has 3 N–H and O–H groups in total. The molecule has 0 aromatic heterocycles. The predicted octanol–water partition coefficient (Wildman–Crippen LogP) is 6.32. The highest BCUT2D eigenvalue weighted by atomic mass is 32.2. The number of aliphatic hydroxyl groups excluding tert-OH is 1. The van der Waals surface area contributed by atoms with E-state index in [9.17, 15) is 48.3 Å². The van der Waals surface area contributed by atoms with E-state index in [2.05, 4.69) is 28.8 Å². The van der Waals surface area contributed by atoms with Gasteiger partial charge in [0.15, 0.2) is 35.0 Å². The molecule has 5 aliphatic heterocycles. The Bertz CT molecular complexity index is 3200. The fourth-order valence-corrected chi connectivity index (χ4v) is 11.8. The molecule has 3 saturated heterocycles. The summed E-state index contributed by atoms with van der Waals surface area (Å²) < 4.78 is 35.0. The Labute approximate surface area is 516 Å². The summed E-state index contributed by atoms with van der Waals surface area (Å²) >= 11 is 1.31. The third-order valence-electron chi connectivity index (χ3n) is 16.2. The molecule has 24 heteroatoms. The number of methoxy groups -OCH3 is 2. The number of hydrogen-bond acceptors (Lipinski definition) is 18. The van der Waals surface area contributed by atoms with Crippen LogP contribution in [0.1, 0.15) is 110 Å². The molecule has 1 unspecified atom stereocenters. The number of carbonyl (C=O) groups is 9. The molecule has 0 aliphatic carbocycles. The SMILES string of the molecule is C=C1C[C@H]2C=Nc3cc(OCCCCCOc4cc5c(cc4OC)C(=O)N4CC(=C)C[C@H]4[C@H](O)N5C(=O)OCc4ccc(CC(=O)[C@H](C)NC(=O)[C@@H](CC(=O)CCOCCNC(=O)CCN5C(=O)CC(SC)C5=O)C(C)C)cc4)c(OC)cc3C(=O)N2C1. The minimum absolute atomic E-state index is 0.0106. The molecule has 8 rings (SSSR count). The second-order valence-electron chi connectivity index (χ2n) is 22.9. The monoisotopic (exact) mass is 1230 g/mol. The van der Waals surface area contributed by atoms with Crippen molar-refractivity contribution in [2.45, 2.75) is 121 Å². The highest BCUT2D eigenvalue weighted by molar-refractivity contribution is 8.00. The Kier molecular flexibility index (Phi) is 22.6. The minimum Gasteiger partial charge on any atom is -0.493 e. The topological polar surface area (TPSA) is 279 Å². The Morgan fingerprint density at radius 2 is 1.42 bits per heavy atom. The Balaban J connectivity index is 0.790. The molecule has 5 aliphatic rings. The first-order valence-corrected chi connectivity index (χ1v) is 31.0. The Hall–Kier alpha value is -8.09. The number of imide groups is 1. The van der Waals surface area contributed by atoms with Crippen molar-refractivity contribution < 1.29 is 76.7 Å². The number of nitrogens with zero attached hydrogens (tertiary/aromatic N) is 5. The summed E-state index contributed by atoms with van der Waals surface area (Å²) in [5.74, 6) is -1.93. The summed E-state index contributed by atoms with van der Waals surface area (Å²) in [6.45, 7) is 14.7. The standard InChI is InChI=1S/C64H79N7O16S/c1-37(2)45(27-44(72)17-22-84-23-18-65-57(74)16-19-68-58(75)32-56(88-8)63(68)80)59(76)67-40(5)51(73)26-41-12-14-42(15-13-41)36-87-64(81)71-49-31-55(53(83-7)29-47(49)61(78)70-35-39(4)25-50(70)62(71)79)86-21-11-9-10-20-85-54-30-48-46(28-52(54)82-6)60(77)69-34-38(3)24-43(69)33-66-48/h12-15,28-31,33,37,40,43,45,50,56,62,79H,3-4,9-11,16-27,32,34-36H2,1-2,5-8H3,(H,65,74)(H,67,76)/t40-,43-,45-,50-,56?,62-/m0/s1. The second kappa shape index (κ2) is 30.2. The lowest BCUT2D eigenvalue weighted by molar-refractivity contribution is -0.138. The average molecular weight is 1230 g/mol. The van der Waals surface area contributed by atoms with Gasteiger partial charge in [-0.25, -0.2) is 9.69 Å². The summed E-state index contributed by atoms with van der Waals surface area (Å²) in [5, 5.41) is 17.0. The van der Waals surface area contributed by atoms with Crippen molar-refractivity contribution in [2.75, 3.05) is 78.0 Å². The molecule has 0 spiro atoms. The third-order valence-corrected chi connectivity index (χ3v) is 17.2. The number of aliphatic hydroxyl groups is 1. The number of hydrogen-bond donors (Lipinski definition) is 3. The number of ketones is 2. The van der Waals surface area contributed by atoms with Crippen LogP contribution in [-0.2, 0) is 51.3 Å². The van der Waals surface area contributed by atoms with Gasteiger partial charge >= 0.3 is 6.09 Å². The van der Waals surface area contributed by atoms with Crippen molar-refractivity contribution in [3.8, 4) is 23.0 Å². The first-order valence-electron chi connectivity index (χ1n) is 29.7. The largest absolute Gasteiger partial charge is 0.493 e. The van der Waals surface area contributed by atoms with E-state index in [0.29, 0.717) is 78.3 Å². The van der Waals surface area contributed by atoms with E-state index in [-0.39, 0.29) is 154 Å². The van der Waals surface area contributed by atoms with Crippen molar-refractivity contribution in [2.24, 2.45) is 16.8 Å². The summed E-state index contributed by atoms with van der Waals surface area (Å²) in [5.41, 5.74) is 3.99. The van der Waals surface area contributed by atoms with Crippen LogP contribution >= 0.6 is 11.8 Å². The summed E-state index contributed by atoms with van der Waals surface area (Å²) in [6, 6.07) is 11.3. The van der Waals surface area contributed by atoms with Gasteiger partial charge in [0, 0.05) is 82.5 Å². The maximum atomic E-state index is 14.2. The summed E-state index contributed by atoms with van der Waals surface area (Å²) in [4.78, 5) is 128. The van der Waals surface area contributed by atoms with E-state index in [0.717, 1.165) is 15.4 Å². The Morgan fingerprint density at radius 3 is 2.09 bits per heavy atom. The van der Waals surface area contributed by atoms with Crippen molar-refractivity contribution >= 4 is 82.5 Å². The molecule has 7 amide bonds. The van der Waals surface area contributed by atoms with Crippen LogP contribution in [0.25, 0.3) is 0 Å². The molecule has 3 aromatic carbocycles. The average Bonchev–Trinajstić information content (AvgIpc) is 1.82.